The van der Waals surface area contributed by atoms with Crippen molar-refractivity contribution in [2.75, 3.05) is 59.5 Å². The molecule has 8 heteroatoms. The summed E-state index contributed by atoms with van der Waals surface area (Å²) in [5, 5.41) is 3.39. The SMILES string of the molecule is CCN(CC1CCN(C(=NC)NCCC2=CCOCC2)C1)CC(F)(F)F. The second-order valence-electron chi connectivity index (χ2n) is 6.95. The van der Waals surface area contributed by atoms with E-state index < -0.39 is 12.7 Å². The Morgan fingerprint density at radius 2 is 2.27 bits per heavy atom. The summed E-state index contributed by atoms with van der Waals surface area (Å²) in [6.45, 7) is 5.75. The van der Waals surface area contributed by atoms with Crippen molar-refractivity contribution in [3.8, 4) is 0 Å². The average molecular weight is 376 g/mol. The first-order chi connectivity index (χ1) is 12.4. The summed E-state index contributed by atoms with van der Waals surface area (Å²) in [4.78, 5) is 7.98. The van der Waals surface area contributed by atoms with Crippen LogP contribution < -0.4 is 5.32 Å². The molecule has 2 rings (SSSR count). The fraction of sp³-hybridized carbons (Fsp3) is 0.833. The van der Waals surface area contributed by atoms with E-state index in [9.17, 15) is 13.2 Å². The molecule has 1 N–H and O–H groups in total. The van der Waals surface area contributed by atoms with Crippen LogP contribution in [0.1, 0.15) is 26.2 Å². The van der Waals surface area contributed by atoms with Gasteiger partial charge in [-0.25, -0.2) is 0 Å². The molecule has 1 fully saturated rings. The van der Waals surface area contributed by atoms with Gasteiger partial charge in [0.05, 0.1) is 19.8 Å². The second kappa shape index (κ2) is 10.2. The number of alkyl halides is 3. The maximum Gasteiger partial charge on any atom is 0.401 e. The van der Waals surface area contributed by atoms with Gasteiger partial charge in [0, 0.05) is 33.2 Å². The minimum Gasteiger partial charge on any atom is -0.377 e. The normalized spacial score (nSPS) is 22.1. The first-order valence-corrected chi connectivity index (χ1v) is 9.41. The molecule has 0 aromatic rings. The van der Waals surface area contributed by atoms with Crippen LogP contribution in [0.15, 0.2) is 16.6 Å². The lowest BCUT2D eigenvalue weighted by Gasteiger charge is -2.26. The first-order valence-electron chi connectivity index (χ1n) is 9.41. The van der Waals surface area contributed by atoms with Crippen LogP contribution >= 0.6 is 0 Å². The summed E-state index contributed by atoms with van der Waals surface area (Å²) in [5.41, 5.74) is 1.41. The highest BCUT2D eigenvalue weighted by atomic mass is 19.4. The number of hydrogen-bond acceptors (Lipinski definition) is 3. The van der Waals surface area contributed by atoms with Crippen molar-refractivity contribution in [1.82, 2.24) is 15.1 Å². The van der Waals surface area contributed by atoms with E-state index in [0.717, 1.165) is 51.5 Å². The average Bonchev–Trinajstić information content (AvgIpc) is 3.06. The van der Waals surface area contributed by atoms with Crippen molar-refractivity contribution >= 4 is 5.96 Å². The van der Waals surface area contributed by atoms with Crippen molar-refractivity contribution in [3.05, 3.63) is 11.6 Å². The summed E-state index contributed by atoms with van der Waals surface area (Å²) in [5.74, 6) is 1.09. The van der Waals surface area contributed by atoms with Gasteiger partial charge in [-0.1, -0.05) is 18.6 Å². The number of hydrogen-bond donors (Lipinski definition) is 1. The maximum absolute atomic E-state index is 12.6. The van der Waals surface area contributed by atoms with E-state index in [4.69, 9.17) is 4.74 Å². The number of nitrogens with zero attached hydrogens (tertiary/aromatic N) is 3. The van der Waals surface area contributed by atoms with Crippen LogP contribution in [0.25, 0.3) is 0 Å². The molecule has 0 aliphatic carbocycles. The van der Waals surface area contributed by atoms with Crippen molar-refractivity contribution in [2.45, 2.75) is 32.4 Å². The minimum absolute atomic E-state index is 0.244. The molecule has 2 aliphatic heterocycles. The van der Waals surface area contributed by atoms with E-state index in [2.05, 4.69) is 21.3 Å². The molecule has 0 aromatic heterocycles. The Balaban J connectivity index is 1.75. The monoisotopic (exact) mass is 376 g/mol. The number of likely N-dealkylation sites (tertiary alicyclic amines) is 1. The van der Waals surface area contributed by atoms with Gasteiger partial charge < -0.3 is 15.0 Å². The molecule has 26 heavy (non-hydrogen) atoms. The van der Waals surface area contributed by atoms with E-state index in [1.54, 1.807) is 14.0 Å². The number of nitrogens with one attached hydrogen (secondary N) is 1. The standard InChI is InChI=1S/C18H31F3N4O/c1-3-24(14-18(19,20)21)12-16-5-9-25(13-16)17(22-2)23-8-4-15-6-10-26-11-7-15/h6,16H,3-5,7-14H2,1-2H3,(H,22,23). The number of halogens is 3. The van der Waals surface area contributed by atoms with Crippen LogP contribution in [-0.2, 0) is 4.74 Å². The second-order valence-corrected chi connectivity index (χ2v) is 6.95. The van der Waals surface area contributed by atoms with Gasteiger partial charge >= 0.3 is 6.18 Å². The summed E-state index contributed by atoms with van der Waals surface area (Å²) < 4.78 is 43.2. The maximum atomic E-state index is 12.6. The molecule has 2 aliphatic rings. The van der Waals surface area contributed by atoms with Crippen LogP contribution in [0.4, 0.5) is 13.2 Å². The zero-order valence-corrected chi connectivity index (χ0v) is 15.8. The predicted octanol–water partition coefficient (Wildman–Crippen LogP) is 2.50. The third-order valence-corrected chi connectivity index (χ3v) is 4.95. The van der Waals surface area contributed by atoms with Gasteiger partial charge in [0.25, 0.3) is 0 Å². The van der Waals surface area contributed by atoms with Gasteiger partial charge in [-0.05, 0) is 31.7 Å². The van der Waals surface area contributed by atoms with Crippen molar-refractivity contribution in [3.63, 3.8) is 0 Å². The van der Waals surface area contributed by atoms with Gasteiger partial charge in [-0.15, -0.1) is 0 Å². The van der Waals surface area contributed by atoms with Crippen LogP contribution in [0.2, 0.25) is 0 Å². The Labute approximate surface area is 154 Å². The Morgan fingerprint density at radius 1 is 1.46 bits per heavy atom. The van der Waals surface area contributed by atoms with Gasteiger partial charge in [0.2, 0.25) is 0 Å². The van der Waals surface area contributed by atoms with E-state index in [1.807, 2.05) is 0 Å². The van der Waals surface area contributed by atoms with E-state index in [1.165, 1.54) is 10.5 Å². The number of guanidine groups is 1. The van der Waals surface area contributed by atoms with Gasteiger partial charge in [0.15, 0.2) is 5.96 Å². The highest BCUT2D eigenvalue weighted by molar-refractivity contribution is 5.80. The molecule has 1 atom stereocenters. The largest absolute Gasteiger partial charge is 0.401 e. The predicted molar refractivity (Wildman–Crippen MR) is 97.3 cm³/mol. The molecule has 1 unspecified atom stereocenters. The summed E-state index contributed by atoms with van der Waals surface area (Å²) in [6.07, 6.45) is 0.856. The van der Waals surface area contributed by atoms with Crippen LogP contribution in [0.3, 0.4) is 0 Å². The Kier molecular flexibility index (Phi) is 8.21. The molecule has 150 valence electrons. The molecule has 0 saturated carbocycles. The van der Waals surface area contributed by atoms with Crippen molar-refractivity contribution in [2.24, 2.45) is 10.9 Å². The summed E-state index contributed by atoms with van der Waals surface area (Å²) in [7, 11) is 1.76. The van der Waals surface area contributed by atoms with Crippen molar-refractivity contribution < 1.29 is 17.9 Å². The Bertz CT molecular complexity index is 493. The van der Waals surface area contributed by atoms with E-state index in [0.29, 0.717) is 19.7 Å². The lowest BCUT2D eigenvalue weighted by molar-refractivity contribution is -0.146. The minimum atomic E-state index is -4.13. The van der Waals surface area contributed by atoms with Crippen LogP contribution in [0, 0.1) is 5.92 Å². The molecular weight excluding hydrogens is 345 g/mol. The lowest BCUT2D eigenvalue weighted by Crippen LogP contribution is -2.42. The summed E-state index contributed by atoms with van der Waals surface area (Å²) in [6, 6.07) is 0. The third kappa shape index (κ3) is 7.15. The van der Waals surface area contributed by atoms with E-state index >= 15 is 0 Å². The molecule has 5 nitrogen and oxygen atoms in total. The zero-order chi connectivity index (χ0) is 19.0. The first kappa shape index (κ1) is 21.0. The molecule has 0 spiro atoms. The molecule has 0 radical (unpaired) electrons. The molecule has 0 bridgehead atoms. The number of aliphatic imine (C=N–C) groups is 1. The quantitative estimate of drug-likeness (QED) is 0.421. The highest BCUT2D eigenvalue weighted by Crippen LogP contribution is 2.21. The Morgan fingerprint density at radius 3 is 2.88 bits per heavy atom. The third-order valence-electron chi connectivity index (χ3n) is 4.95. The Hall–Kier alpha value is -1.28. The fourth-order valence-corrected chi connectivity index (χ4v) is 3.56. The van der Waals surface area contributed by atoms with Crippen LogP contribution in [0.5, 0.6) is 0 Å². The van der Waals surface area contributed by atoms with Crippen molar-refractivity contribution in [1.29, 1.82) is 0 Å². The molecule has 1 saturated heterocycles. The number of rotatable bonds is 7. The van der Waals surface area contributed by atoms with E-state index in [-0.39, 0.29) is 5.92 Å². The topological polar surface area (TPSA) is 40.1 Å². The zero-order valence-electron chi connectivity index (χ0n) is 15.8. The number of ether oxygens (including phenoxy) is 1. The van der Waals surface area contributed by atoms with Gasteiger partial charge in [-0.2, -0.15) is 13.2 Å². The highest BCUT2D eigenvalue weighted by Gasteiger charge is 2.32. The molecule has 2 heterocycles. The van der Waals surface area contributed by atoms with Crippen LogP contribution in [-0.4, -0.2) is 81.5 Å². The molecular formula is C18H31F3N4O. The smallest absolute Gasteiger partial charge is 0.377 e. The van der Waals surface area contributed by atoms with Gasteiger partial charge in [0.1, 0.15) is 0 Å². The molecule has 0 amide bonds. The molecule has 0 aromatic carbocycles. The van der Waals surface area contributed by atoms with Gasteiger partial charge in [-0.3, -0.25) is 9.89 Å². The fourth-order valence-electron chi connectivity index (χ4n) is 3.56. The lowest BCUT2D eigenvalue weighted by atomic mass is 10.1. The summed E-state index contributed by atoms with van der Waals surface area (Å²) >= 11 is 0.